The van der Waals surface area contributed by atoms with Gasteiger partial charge in [-0.15, -0.1) is 10.2 Å². The molecule has 1 aliphatic heterocycles. The van der Waals surface area contributed by atoms with E-state index in [-0.39, 0.29) is 30.0 Å². The first kappa shape index (κ1) is 27.9. The lowest BCUT2D eigenvalue weighted by molar-refractivity contribution is -0.122. The molecule has 4 aromatic rings. The van der Waals surface area contributed by atoms with E-state index in [9.17, 15) is 19.2 Å². The molecule has 1 fully saturated rings. The number of aromatic nitrogens is 2. The maximum atomic E-state index is 12.8. The van der Waals surface area contributed by atoms with E-state index in [2.05, 4.69) is 26.1 Å². The van der Waals surface area contributed by atoms with Crippen molar-refractivity contribution in [2.75, 3.05) is 28.6 Å². The average molecular weight is 589 g/mol. The standard InChI is InChI=1S/C29H25ClN6O4S/c30-23-9-5-4-8-22(23)28(40)31-15-14-24-34-35-29(41-24)33-26(38)18-10-12-20(13-11-18)32-27(39)19-16-25(37)36(17-19)21-6-2-1-3-7-21/h1-13,19H,14-17H2,(H,31,40)(H,32,39)(H,33,35,38). The molecule has 4 amide bonds. The van der Waals surface area contributed by atoms with Gasteiger partial charge in [-0.05, 0) is 48.5 Å². The van der Waals surface area contributed by atoms with Crippen LogP contribution in [-0.2, 0) is 16.0 Å². The fraction of sp³-hybridized carbons (Fsp3) is 0.172. The van der Waals surface area contributed by atoms with E-state index >= 15 is 0 Å². The van der Waals surface area contributed by atoms with Gasteiger partial charge in [-0.25, -0.2) is 0 Å². The summed E-state index contributed by atoms with van der Waals surface area (Å²) < 4.78 is 0. The minimum atomic E-state index is -0.471. The number of hydrogen-bond donors (Lipinski definition) is 3. The number of nitrogens with one attached hydrogen (secondary N) is 3. The van der Waals surface area contributed by atoms with Crippen LogP contribution in [0.25, 0.3) is 0 Å². The highest BCUT2D eigenvalue weighted by Crippen LogP contribution is 2.26. The molecule has 0 radical (unpaired) electrons. The highest BCUT2D eigenvalue weighted by Gasteiger charge is 2.35. The fourth-order valence-electron chi connectivity index (χ4n) is 4.29. The number of nitrogens with zero attached hydrogens (tertiary/aromatic N) is 3. The van der Waals surface area contributed by atoms with Gasteiger partial charge in [0, 0.05) is 42.9 Å². The Morgan fingerprint density at radius 3 is 2.39 bits per heavy atom. The number of para-hydroxylation sites is 1. The fourth-order valence-corrected chi connectivity index (χ4v) is 5.24. The van der Waals surface area contributed by atoms with Crippen LogP contribution in [0.1, 0.15) is 32.1 Å². The SMILES string of the molecule is O=C(Nc1nnc(CCNC(=O)c2ccccc2Cl)s1)c1ccc(NC(=O)C2CC(=O)N(c3ccccc3)C2)cc1. The third kappa shape index (κ3) is 6.94. The van der Waals surface area contributed by atoms with Crippen LogP contribution in [0.2, 0.25) is 5.02 Å². The predicted molar refractivity (Wildman–Crippen MR) is 157 cm³/mol. The highest BCUT2D eigenvalue weighted by atomic mass is 35.5. The summed E-state index contributed by atoms with van der Waals surface area (Å²) in [5, 5.41) is 17.8. The third-order valence-corrected chi connectivity index (χ3v) is 7.64. The van der Waals surface area contributed by atoms with Crippen LogP contribution in [0.4, 0.5) is 16.5 Å². The average Bonchev–Trinajstić information content (AvgIpc) is 3.60. The predicted octanol–water partition coefficient (Wildman–Crippen LogP) is 4.41. The van der Waals surface area contributed by atoms with Gasteiger partial charge in [-0.2, -0.15) is 0 Å². The molecule has 3 N–H and O–H groups in total. The number of carbonyl (C=O) groups is 4. The zero-order valence-corrected chi connectivity index (χ0v) is 23.2. The number of halogens is 1. The number of benzene rings is 3. The number of anilines is 3. The molecule has 0 spiro atoms. The minimum absolute atomic E-state index is 0.0925. The summed E-state index contributed by atoms with van der Waals surface area (Å²) in [6, 6.07) is 22.5. The topological polar surface area (TPSA) is 133 Å². The number of amides is 4. The van der Waals surface area contributed by atoms with E-state index < -0.39 is 5.92 Å². The van der Waals surface area contributed by atoms with Gasteiger partial charge < -0.3 is 15.5 Å². The second-order valence-electron chi connectivity index (χ2n) is 9.25. The van der Waals surface area contributed by atoms with Crippen molar-refractivity contribution in [3.63, 3.8) is 0 Å². The summed E-state index contributed by atoms with van der Waals surface area (Å²) in [7, 11) is 0. The van der Waals surface area contributed by atoms with Gasteiger partial charge in [0.05, 0.1) is 16.5 Å². The third-order valence-electron chi connectivity index (χ3n) is 6.41. The first-order valence-electron chi connectivity index (χ1n) is 12.8. The Hall–Kier alpha value is -4.61. The van der Waals surface area contributed by atoms with Crippen molar-refractivity contribution in [1.29, 1.82) is 0 Å². The molecule has 12 heteroatoms. The first-order chi connectivity index (χ1) is 19.9. The molecule has 1 aromatic heterocycles. The molecular formula is C29H25ClN6O4S. The summed E-state index contributed by atoms with van der Waals surface area (Å²) in [5.74, 6) is -1.47. The molecule has 1 aliphatic rings. The van der Waals surface area contributed by atoms with Gasteiger partial charge in [-0.3, -0.25) is 24.5 Å². The van der Waals surface area contributed by atoms with Crippen LogP contribution >= 0.6 is 22.9 Å². The Bertz CT molecular complexity index is 1580. The molecule has 2 heterocycles. The summed E-state index contributed by atoms with van der Waals surface area (Å²) in [4.78, 5) is 51.8. The Balaban J connectivity index is 1.09. The molecule has 1 atom stereocenters. The van der Waals surface area contributed by atoms with Crippen LogP contribution in [0.15, 0.2) is 78.9 Å². The maximum Gasteiger partial charge on any atom is 0.257 e. The lowest BCUT2D eigenvalue weighted by Gasteiger charge is -2.16. The van der Waals surface area contributed by atoms with E-state index in [0.29, 0.717) is 51.5 Å². The highest BCUT2D eigenvalue weighted by molar-refractivity contribution is 7.15. The number of rotatable bonds is 9. The van der Waals surface area contributed by atoms with Gasteiger partial charge in [0.2, 0.25) is 16.9 Å². The van der Waals surface area contributed by atoms with Gasteiger partial charge in [-0.1, -0.05) is 53.3 Å². The molecule has 3 aromatic carbocycles. The Labute approximate surface area is 244 Å². The molecule has 1 saturated heterocycles. The second kappa shape index (κ2) is 12.7. The molecule has 41 heavy (non-hydrogen) atoms. The molecule has 0 saturated carbocycles. The molecule has 5 rings (SSSR count). The Kier molecular flexibility index (Phi) is 8.66. The quantitative estimate of drug-likeness (QED) is 0.265. The summed E-state index contributed by atoms with van der Waals surface area (Å²) in [6.45, 7) is 0.645. The summed E-state index contributed by atoms with van der Waals surface area (Å²) in [6.07, 6.45) is 0.576. The van der Waals surface area contributed by atoms with Crippen LogP contribution in [0, 0.1) is 5.92 Å². The molecule has 0 aliphatic carbocycles. The second-order valence-corrected chi connectivity index (χ2v) is 10.7. The molecule has 208 valence electrons. The zero-order valence-electron chi connectivity index (χ0n) is 21.7. The maximum absolute atomic E-state index is 12.8. The van der Waals surface area contributed by atoms with Gasteiger partial charge in [0.25, 0.3) is 11.8 Å². The van der Waals surface area contributed by atoms with E-state index in [1.807, 2.05) is 30.3 Å². The minimum Gasteiger partial charge on any atom is -0.352 e. The Morgan fingerprint density at radius 1 is 0.902 bits per heavy atom. The smallest absolute Gasteiger partial charge is 0.257 e. The lowest BCUT2D eigenvalue weighted by Crippen LogP contribution is -2.28. The monoisotopic (exact) mass is 588 g/mol. The van der Waals surface area contributed by atoms with Crippen LogP contribution in [0.5, 0.6) is 0 Å². The van der Waals surface area contributed by atoms with Crippen molar-refractivity contribution >= 4 is 63.1 Å². The molecular weight excluding hydrogens is 564 g/mol. The van der Waals surface area contributed by atoms with Crippen LogP contribution in [-0.4, -0.2) is 46.9 Å². The van der Waals surface area contributed by atoms with Crippen molar-refractivity contribution < 1.29 is 19.2 Å². The van der Waals surface area contributed by atoms with Crippen molar-refractivity contribution in [3.05, 3.63) is 100 Å². The van der Waals surface area contributed by atoms with E-state index in [1.54, 1.807) is 53.4 Å². The largest absolute Gasteiger partial charge is 0.352 e. The lowest BCUT2D eigenvalue weighted by atomic mass is 10.1. The van der Waals surface area contributed by atoms with Crippen molar-refractivity contribution in [2.24, 2.45) is 5.92 Å². The van der Waals surface area contributed by atoms with E-state index in [4.69, 9.17) is 11.6 Å². The summed E-state index contributed by atoms with van der Waals surface area (Å²) in [5.41, 5.74) is 2.06. The Morgan fingerprint density at radius 2 is 1.63 bits per heavy atom. The first-order valence-corrected chi connectivity index (χ1v) is 14.0. The van der Waals surface area contributed by atoms with Crippen molar-refractivity contribution in [1.82, 2.24) is 15.5 Å². The van der Waals surface area contributed by atoms with E-state index in [0.717, 1.165) is 5.69 Å². The summed E-state index contributed by atoms with van der Waals surface area (Å²) >= 11 is 7.26. The zero-order chi connectivity index (χ0) is 28.8. The van der Waals surface area contributed by atoms with E-state index in [1.165, 1.54) is 11.3 Å². The van der Waals surface area contributed by atoms with Crippen molar-refractivity contribution in [2.45, 2.75) is 12.8 Å². The number of carbonyl (C=O) groups excluding carboxylic acids is 4. The molecule has 1 unspecified atom stereocenters. The normalized spacial score (nSPS) is 14.5. The van der Waals surface area contributed by atoms with Crippen LogP contribution < -0.4 is 20.9 Å². The number of hydrogen-bond acceptors (Lipinski definition) is 7. The van der Waals surface area contributed by atoms with Gasteiger partial charge in [0.1, 0.15) is 5.01 Å². The van der Waals surface area contributed by atoms with Crippen molar-refractivity contribution in [3.8, 4) is 0 Å². The van der Waals surface area contributed by atoms with Crippen LogP contribution in [0.3, 0.4) is 0 Å². The van der Waals surface area contributed by atoms with Gasteiger partial charge in [0.15, 0.2) is 0 Å². The molecule has 0 bridgehead atoms. The molecule has 10 nitrogen and oxygen atoms in total. The van der Waals surface area contributed by atoms with Gasteiger partial charge >= 0.3 is 0 Å².